The van der Waals surface area contributed by atoms with E-state index in [-0.39, 0.29) is 18.2 Å². The van der Waals surface area contributed by atoms with E-state index in [0.717, 1.165) is 0 Å². The van der Waals surface area contributed by atoms with Crippen molar-refractivity contribution in [1.29, 1.82) is 0 Å². The molecule has 3 rings (SSSR count). The highest BCUT2D eigenvalue weighted by atomic mass is 79.9. The van der Waals surface area contributed by atoms with E-state index in [0.29, 0.717) is 31.4 Å². The Bertz CT molecular complexity index is 953. The lowest BCUT2D eigenvalue weighted by atomic mass is 10.2. The Morgan fingerprint density at radius 3 is 2.78 bits per heavy atom. The lowest BCUT2D eigenvalue weighted by Crippen LogP contribution is -2.23. The summed E-state index contributed by atoms with van der Waals surface area (Å²) in [6.07, 6.45) is 3.19. The van der Waals surface area contributed by atoms with Crippen LogP contribution in [-0.4, -0.2) is 27.5 Å². The molecule has 0 aliphatic carbocycles. The molecule has 0 aliphatic rings. The zero-order valence-corrected chi connectivity index (χ0v) is 16.4. The molecule has 0 aliphatic heterocycles. The Kier molecular flexibility index (Phi) is 6.07. The summed E-state index contributed by atoms with van der Waals surface area (Å²) in [6.45, 7) is -1.21. The van der Waals surface area contributed by atoms with E-state index in [1.165, 1.54) is 17.4 Å². The number of hydrogen-bond donors (Lipinski definition) is 1. The summed E-state index contributed by atoms with van der Waals surface area (Å²) in [6, 6.07) is 6.30. The molecule has 10 heteroatoms. The standard InChI is InChI=1S/C17H13BrF2N4O2S/c1-9-13(27-16(24-9)14-21-5-2-6-22-14)15(25)23-8-10-7-11(18)3-4-12(10)26-17(19)20/h2-7,17H,8H2,1H3,(H,23,25). The first kappa shape index (κ1) is 19.3. The highest BCUT2D eigenvalue weighted by Crippen LogP contribution is 2.27. The molecule has 0 spiro atoms. The van der Waals surface area contributed by atoms with Crippen LogP contribution in [0.25, 0.3) is 10.8 Å². The molecule has 1 amide bonds. The first-order chi connectivity index (χ1) is 12.9. The minimum absolute atomic E-state index is 0.00732. The van der Waals surface area contributed by atoms with Gasteiger partial charge in [-0.3, -0.25) is 4.79 Å². The van der Waals surface area contributed by atoms with Crippen molar-refractivity contribution in [3.05, 3.63) is 57.3 Å². The van der Waals surface area contributed by atoms with Crippen LogP contribution in [0.3, 0.4) is 0 Å². The molecule has 1 N–H and O–H groups in total. The molecule has 0 atom stereocenters. The van der Waals surface area contributed by atoms with Gasteiger partial charge in [0, 0.05) is 29.0 Å². The molecule has 0 bridgehead atoms. The number of alkyl halides is 2. The third-order valence-electron chi connectivity index (χ3n) is 3.44. The van der Waals surface area contributed by atoms with Gasteiger partial charge in [-0.25, -0.2) is 15.0 Å². The number of ether oxygens (including phenoxy) is 1. The summed E-state index contributed by atoms with van der Waals surface area (Å²) in [5.41, 5.74) is 0.963. The van der Waals surface area contributed by atoms with Gasteiger partial charge in [0.1, 0.15) is 10.6 Å². The number of hydrogen-bond acceptors (Lipinski definition) is 6. The number of carbonyl (C=O) groups is 1. The Labute approximate surface area is 165 Å². The average Bonchev–Trinajstić information content (AvgIpc) is 3.04. The van der Waals surface area contributed by atoms with Gasteiger partial charge in [0.05, 0.1) is 5.69 Å². The van der Waals surface area contributed by atoms with E-state index >= 15 is 0 Å². The fourth-order valence-corrected chi connectivity index (χ4v) is 3.60. The summed E-state index contributed by atoms with van der Waals surface area (Å²) < 4.78 is 30.3. The van der Waals surface area contributed by atoms with Crippen LogP contribution in [0.4, 0.5) is 8.78 Å². The molecule has 27 heavy (non-hydrogen) atoms. The summed E-state index contributed by atoms with van der Waals surface area (Å²) in [5, 5.41) is 3.24. The van der Waals surface area contributed by atoms with Gasteiger partial charge >= 0.3 is 6.61 Å². The summed E-state index contributed by atoms with van der Waals surface area (Å²) in [5.74, 6) is 0.0762. The van der Waals surface area contributed by atoms with Crippen LogP contribution in [0.15, 0.2) is 41.1 Å². The Morgan fingerprint density at radius 1 is 1.33 bits per heavy atom. The molecule has 0 fully saturated rings. The number of thiazole rings is 1. The maximum atomic E-state index is 12.5. The summed E-state index contributed by atoms with van der Waals surface area (Å²) in [4.78, 5) is 25.5. The molecular weight excluding hydrogens is 442 g/mol. The number of benzene rings is 1. The van der Waals surface area contributed by atoms with Gasteiger partial charge in [-0.05, 0) is 31.2 Å². The van der Waals surface area contributed by atoms with Crippen molar-refractivity contribution < 1.29 is 18.3 Å². The number of carbonyl (C=O) groups excluding carboxylic acids is 1. The number of rotatable bonds is 6. The van der Waals surface area contributed by atoms with E-state index < -0.39 is 6.61 Å². The fourth-order valence-electron chi connectivity index (χ4n) is 2.27. The molecule has 6 nitrogen and oxygen atoms in total. The maximum absolute atomic E-state index is 12.5. The van der Waals surface area contributed by atoms with Gasteiger partial charge < -0.3 is 10.1 Å². The Hall–Kier alpha value is -2.46. The van der Waals surface area contributed by atoms with Gasteiger partial charge in [-0.2, -0.15) is 8.78 Å². The second-order valence-electron chi connectivity index (χ2n) is 5.32. The number of halogens is 3. The maximum Gasteiger partial charge on any atom is 0.387 e. The smallest absolute Gasteiger partial charge is 0.387 e. The van der Waals surface area contributed by atoms with Crippen molar-refractivity contribution in [1.82, 2.24) is 20.3 Å². The van der Waals surface area contributed by atoms with Crippen LogP contribution in [0.5, 0.6) is 5.75 Å². The number of nitrogens with zero attached hydrogens (tertiary/aromatic N) is 3. The first-order valence-electron chi connectivity index (χ1n) is 7.70. The van der Waals surface area contributed by atoms with E-state index in [1.54, 1.807) is 37.5 Å². The van der Waals surface area contributed by atoms with Crippen LogP contribution >= 0.6 is 27.3 Å². The van der Waals surface area contributed by atoms with Gasteiger partial charge in [0.2, 0.25) is 0 Å². The van der Waals surface area contributed by atoms with E-state index in [2.05, 4.69) is 40.9 Å². The molecule has 0 saturated heterocycles. The van der Waals surface area contributed by atoms with E-state index in [4.69, 9.17) is 0 Å². The van der Waals surface area contributed by atoms with Crippen LogP contribution in [-0.2, 0) is 6.54 Å². The van der Waals surface area contributed by atoms with Crippen molar-refractivity contribution >= 4 is 33.2 Å². The average molecular weight is 455 g/mol. The number of amides is 1. The first-order valence-corrected chi connectivity index (χ1v) is 9.31. The van der Waals surface area contributed by atoms with Gasteiger partial charge in [0.15, 0.2) is 10.8 Å². The molecule has 0 saturated carbocycles. The molecule has 0 unspecified atom stereocenters. The fraction of sp³-hybridized carbons (Fsp3) is 0.176. The second-order valence-corrected chi connectivity index (χ2v) is 7.23. The minimum Gasteiger partial charge on any atom is -0.434 e. The molecular formula is C17H13BrF2N4O2S. The molecule has 3 aromatic rings. The van der Waals surface area contributed by atoms with Gasteiger partial charge in [0.25, 0.3) is 5.91 Å². The highest BCUT2D eigenvalue weighted by Gasteiger charge is 2.18. The van der Waals surface area contributed by atoms with Crippen molar-refractivity contribution in [2.75, 3.05) is 0 Å². The van der Waals surface area contributed by atoms with Crippen LogP contribution < -0.4 is 10.1 Å². The van der Waals surface area contributed by atoms with Crippen molar-refractivity contribution in [2.24, 2.45) is 0 Å². The van der Waals surface area contributed by atoms with Crippen LogP contribution in [0, 0.1) is 6.92 Å². The quantitative estimate of drug-likeness (QED) is 0.603. The summed E-state index contributed by atoms with van der Waals surface area (Å²) >= 11 is 4.44. The van der Waals surface area contributed by atoms with Crippen LogP contribution in [0.2, 0.25) is 0 Å². The minimum atomic E-state index is -2.95. The zero-order chi connectivity index (χ0) is 19.4. The molecule has 0 radical (unpaired) electrons. The molecule has 1 aromatic carbocycles. The predicted molar refractivity (Wildman–Crippen MR) is 99.8 cm³/mol. The van der Waals surface area contributed by atoms with Gasteiger partial charge in [-0.15, -0.1) is 11.3 Å². The van der Waals surface area contributed by atoms with E-state index in [9.17, 15) is 13.6 Å². The number of aromatic nitrogens is 3. The monoisotopic (exact) mass is 454 g/mol. The Balaban J connectivity index is 1.75. The molecule has 2 aromatic heterocycles. The van der Waals surface area contributed by atoms with Crippen LogP contribution in [0.1, 0.15) is 20.9 Å². The third kappa shape index (κ3) is 4.83. The number of aryl methyl sites for hydroxylation is 1. The number of nitrogens with one attached hydrogen (secondary N) is 1. The normalized spacial score (nSPS) is 10.9. The third-order valence-corrected chi connectivity index (χ3v) is 5.08. The topological polar surface area (TPSA) is 77.0 Å². The van der Waals surface area contributed by atoms with Crippen molar-refractivity contribution in [3.8, 4) is 16.6 Å². The summed E-state index contributed by atoms with van der Waals surface area (Å²) in [7, 11) is 0. The highest BCUT2D eigenvalue weighted by molar-refractivity contribution is 9.10. The van der Waals surface area contributed by atoms with E-state index in [1.807, 2.05) is 0 Å². The lowest BCUT2D eigenvalue weighted by molar-refractivity contribution is -0.0504. The largest absolute Gasteiger partial charge is 0.434 e. The zero-order valence-electron chi connectivity index (χ0n) is 13.9. The van der Waals surface area contributed by atoms with Crippen molar-refractivity contribution in [3.63, 3.8) is 0 Å². The van der Waals surface area contributed by atoms with Gasteiger partial charge in [-0.1, -0.05) is 15.9 Å². The van der Waals surface area contributed by atoms with Crippen molar-refractivity contribution in [2.45, 2.75) is 20.1 Å². The predicted octanol–water partition coefficient (Wildman–Crippen LogP) is 4.20. The lowest BCUT2D eigenvalue weighted by Gasteiger charge is -2.12. The molecule has 2 heterocycles. The molecule has 140 valence electrons. The SMILES string of the molecule is Cc1nc(-c2ncccn2)sc1C(=O)NCc1cc(Br)ccc1OC(F)F. The second kappa shape index (κ2) is 8.49. The Morgan fingerprint density at radius 2 is 2.07 bits per heavy atom.